The smallest absolute Gasteiger partial charge is 0.350 e. The second kappa shape index (κ2) is 4.73. The molecule has 17 heavy (non-hydrogen) atoms. The molecule has 0 heterocycles. The molecule has 0 saturated heterocycles. The lowest BCUT2D eigenvalue weighted by Gasteiger charge is -2.11. The molecule has 0 spiro atoms. The third-order valence-corrected chi connectivity index (χ3v) is 1.96. The van der Waals surface area contributed by atoms with Crippen molar-refractivity contribution >= 4 is 5.91 Å². The molecule has 0 aromatic heterocycles. The molecule has 2 nitrogen and oxygen atoms in total. The first-order chi connectivity index (χ1) is 7.71. The molecular weight excluding hydrogens is 238 g/mol. The van der Waals surface area contributed by atoms with Gasteiger partial charge in [-0.1, -0.05) is 0 Å². The normalized spacial score (nSPS) is 11.7. The van der Waals surface area contributed by atoms with Crippen molar-refractivity contribution in [2.24, 2.45) is 0 Å². The Balaban J connectivity index is 3.11. The van der Waals surface area contributed by atoms with Gasteiger partial charge in [0.1, 0.15) is 5.82 Å². The lowest BCUT2D eigenvalue weighted by atomic mass is 10.1. The third-order valence-electron chi connectivity index (χ3n) is 1.96. The highest BCUT2D eigenvalue weighted by atomic mass is 19.4. The van der Waals surface area contributed by atoms with E-state index in [-0.39, 0.29) is 6.04 Å². The van der Waals surface area contributed by atoms with Crippen molar-refractivity contribution in [3.8, 4) is 0 Å². The predicted octanol–water partition coefficient (Wildman–Crippen LogP) is 2.98. The average Bonchev–Trinajstić information content (AvgIpc) is 2.15. The standard InChI is InChI=1S/C11H11F4NO/c1-6(2)16-10(17)8-5-7(11(13,14)15)3-4-9(8)12/h3-6H,1-2H3,(H,16,17). The topological polar surface area (TPSA) is 29.1 Å². The highest BCUT2D eigenvalue weighted by Crippen LogP contribution is 2.30. The summed E-state index contributed by atoms with van der Waals surface area (Å²) in [6.07, 6.45) is -4.60. The molecule has 1 amide bonds. The summed E-state index contributed by atoms with van der Waals surface area (Å²) in [7, 11) is 0. The summed E-state index contributed by atoms with van der Waals surface area (Å²) >= 11 is 0. The minimum atomic E-state index is -4.60. The molecule has 1 aromatic carbocycles. The first kappa shape index (κ1) is 13.5. The zero-order chi connectivity index (χ0) is 13.2. The zero-order valence-electron chi connectivity index (χ0n) is 9.23. The molecule has 94 valence electrons. The fraction of sp³-hybridized carbons (Fsp3) is 0.364. The maximum Gasteiger partial charge on any atom is 0.416 e. The van der Waals surface area contributed by atoms with Gasteiger partial charge in [-0.05, 0) is 32.0 Å². The van der Waals surface area contributed by atoms with Crippen LogP contribution in [0.3, 0.4) is 0 Å². The maximum absolute atomic E-state index is 13.2. The Morgan fingerprint density at radius 1 is 1.29 bits per heavy atom. The van der Waals surface area contributed by atoms with E-state index in [1.54, 1.807) is 13.8 Å². The summed E-state index contributed by atoms with van der Waals surface area (Å²) in [5.74, 6) is -1.83. The summed E-state index contributed by atoms with van der Waals surface area (Å²) in [6.45, 7) is 3.26. The first-order valence-corrected chi connectivity index (χ1v) is 4.89. The fourth-order valence-electron chi connectivity index (χ4n) is 1.22. The molecule has 0 aliphatic heterocycles. The largest absolute Gasteiger partial charge is 0.416 e. The van der Waals surface area contributed by atoms with E-state index >= 15 is 0 Å². The number of carbonyl (C=O) groups excluding carboxylic acids is 1. The number of hydrogen-bond donors (Lipinski definition) is 1. The van der Waals surface area contributed by atoms with E-state index in [9.17, 15) is 22.4 Å². The van der Waals surface area contributed by atoms with E-state index in [1.165, 1.54) is 0 Å². The van der Waals surface area contributed by atoms with Crippen LogP contribution >= 0.6 is 0 Å². The van der Waals surface area contributed by atoms with E-state index in [1.807, 2.05) is 0 Å². The summed E-state index contributed by atoms with van der Waals surface area (Å²) < 4.78 is 50.3. The van der Waals surface area contributed by atoms with Crippen molar-refractivity contribution in [3.05, 3.63) is 35.1 Å². The Labute approximate surface area is 95.6 Å². The van der Waals surface area contributed by atoms with Gasteiger partial charge in [-0.2, -0.15) is 13.2 Å². The second-order valence-corrected chi connectivity index (χ2v) is 3.82. The molecule has 0 aliphatic rings. The molecule has 6 heteroatoms. The Morgan fingerprint density at radius 2 is 1.88 bits per heavy atom. The number of nitrogens with one attached hydrogen (secondary N) is 1. The number of carbonyl (C=O) groups is 1. The van der Waals surface area contributed by atoms with Crippen LogP contribution in [0.1, 0.15) is 29.8 Å². The number of amides is 1. The van der Waals surface area contributed by atoms with Gasteiger partial charge in [0.05, 0.1) is 11.1 Å². The number of rotatable bonds is 2. The van der Waals surface area contributed by atoms with Crippen LogP contribution in [-0.2, 0) is 6.18 Å². The zero-order valence-corrected chi connectivity index (χ0v) is 9.23. The van der Waals surface area contributed by atoms with E-state index in [0.717, 1.165) is 0 Å². The van der Waals surface area contributed by atoms with Crippen LogP contribution in [0.5, 0.6) is 0 Å². The highest BCUT2D eigenvalue weighted by molar-refractivity contribution is 5.94. The van der Waals surface area contributed by atoms with Gasteiger partial charge < -0.3 is 5.32 Å². The molecule has 0 saturated carbocycles. The van der Waals surface area contributed by atoms with Gasteiger partial charge in [-0.25, -0.2) is 4.39 Å². The summed E-state index contributed by atoms with van der Waals surface area (Å²) in [4.78, 5) is 11.4. The lowest BCUT2D eigenvalue weighted by molar-refractivity contribution is -0.137. The van der Waals surface area contributed by atoms with Gasteiger partial charge in [-0.15, -0.1) is 0 Å². The van der Waals surface area contributed by atoms with Crippen molar-refractivity contribution in [2.75, 3.05) is 0 Å². The molecule has 0 unspecified atom stereocenters. The van der Waals surface area contributed by atoms with Gasteiger partial charge >= 0.3 is 6.18 Å². The minimum absolute atomic E-state index is 0.281. The minimum Gasteiger partial charge on any atom is -0.350 e. The molecule has 0 aliphatic carbocycles. The van der Waals surface area contributed by atoms with Crippen molar-refractivity contribution in [2.45, 2.75) is 26.1 Å². The Morgan fingerprint density at radius 3 is 2.35 bits per heavy atom. The molecule has 1 N–H and O–H groups in total. The average molecular weight is 249 g/mol. The monoisotopic (exact) mass is 249 g/mol. The van der Waals surface area contributed by atoms with Crippen molar-refractivity contribution < 1.29 is 22.4 Å². The van der Waals surface area contributed by atoms with Crippen molar-refractivity contribution in [3.63, 3.8) is 0 Å². The molecule has 0 radical (unpaired) electrons. The van der Waals surface area contributed by atoms with E-state index in [2.05, 4.69) is 5.32 Å². The molecule has 0 fully saturated rings. The molecule has 1 rings (SSSR count). The molecule has 0 atom stereocenters. The number of halogens is 4. The Hall–Kier alpha value is -1.59. The number of alkyl halides is 3. The van der Waals surface area contributed by atoms with Crippen LogP contribution < -0.4 is 5.32 Å². The molecular formula is C11H11F4NO. The van der Waals surface area contributed by atoms with Crippen LogP contribution in [0.4, 0.5) is 17.6 Å². The number of hydrogen-bond acceptors (Lipinski definition) is 1. The quantitative estimate of drug-likeness (QED) is 0.802. The Kier molecular flexibility index (Phi) is 3.75. The number of benzene rings is 1. The SMILES string of the molecule is CC(C)NC(=O)c1cc(C(F)(F)F)ccc1F. The van der Waals surface area contributed by atoms with Gasteiger partial charge in [0.25, 0.3) is 5.91 Å². The van der Waals surface area contributed by atoms with Gasteiger partial charge in [-0.3, -0.25) is 4.79 Å². The second-order valence-electron chi connectivity index (χ2n) is 3.82. The predicted molar refractivity (Wildman–Crippen MR) is 54.0 cm³/mol. The van der Waals surface area contributed by atoms with Crippen LogP contribution in [0.25, 0.3) is 0 Å². The van der Waals surface area contributed by atoms with Gasteiger partial charge in [0, 0.05) is 6.04 Å². The van der Waals surface area contributed by atoms with E-state index < -0.39 is 29.0 Å². The summed E-state index contributed by atoms with van der Waals surface area (Å²) in [5.41, 5.74) is -1.65. The highest BCUT2D eigenvalue weighted by Gasteiger charge is 2.31. The van der Waals surface area contributed by atoms with Crippen molar-refractivity contribution in [1.82, 2.24) is 5.32 Å². The van der Waals surface area contributed by atoms with Crippen LogP contribution in [-0.4, -0.2) is 11.9 Å². The Bertz CT molecular complexity index is 426. The van der Waals surface area contributed by atoms with Gasteiger partial charge in [0.2, 0.25) is 0 Å². The third kappa shape index (κ3) is 3.44. The van der Waals surface area contributed by atoms with Crippen LogP contribution in [0.15, 0.2) is 18.2 Å². The van der Waals surface area contributed by atoms with Crippen LogP contribution in [0.2, 0.25) is 0 Å². The maximum atomic E-state index is 13.2. The van der Waals surface area contributed by atoms with Crippen molar-refractivity contribution in [1.29, 1.82) is 0 Å². The molecule has 0 bridgehead atoms. The van der Waals surface area contributed by atoms with Crippen LogP contribution in [0, 0.1) is 5.82 Å². The summed E-state index contributed by atoms with van der Waals surface area (Å²) in [6, 6.07) is 1.46. The van der Waals surface area contributed by atoms with Gasteiger partial charge in [0.15, 0.2) is 0 Å². The lowest BCUT2D eigenvalue weighted by Crippen LogP contribution is -2.31. The van der Waals surface area contributed by atoms with E-state index in [4.69, 9.17) is 0 Å². The first-order valence-electron chi connectivity index (χ1n) is 4.89. The van der Waals surface area contributed by atoms with E-state index in [0.29, 0.717) is 18.2 Å². The summed E-state index contributed by atoms with van der Waals surface area (Å²) in [5, 5.41) is 2.33. The molecule has 1 aromatic rings. The fourth-order valence-corrected chi connectivity index (χ4v) is 1.22.